The molecule has 9 heteroatoms. The van der Waals surface area contributed by atoms with E-state index in [4.69, 9.17) is 4.74 Å². The molecule has 0 aliphatic carbocycles. The molecule has 0 radical (unpaired) electrons. The molecule has 236 valence electrons. The van der Waals surface area contributed by atoms with Gasteiger partial charge in [0.15, 0.2) is 0 Å². The monoisotopic (exact) mass is 627 g/mol. The number of aliphatic hydroxyl groups excluding tert-OH is 1. The highest BCUT2D eigenvalue weighted by Gasteiger charge is 2.76. The van der Waals surface area contributed by atoms with E-state index in [1.54, 1.807) is 28.8 Å². The number of ether oxygens (including phenoxy) is 1. The number of hydrogen-bond acceptors (Lipinski definition) is 6. The van der Waals surface area contributed by atoms with Crippen molar-refractivity contribution in [3.63, 3.8) is 0 Å². The van der Waals surface area contributed by atoms with Crippen molar-refractivity contribution < 1.29 is 24.2 Å². The number of aryl methyl sites for hydroxylation is 2. The average Bonchev–Trinajstić information content (AvgIpc) is 3.63. The third-order valence-corrected chi connectivity index (χ3v) is 11.9. The van der Waals surface area contributed by atoms with Gasteiger partial charge in [-0.2, -0.15) is 0 Å². The number of fused-ring (bicyclic) bond motifs is 1. The predicted octanol–water partition coefficient (Wildman–Crippen LogP) is 5.22. The fourth-order valence-corrected chi connectivity index (χ4v) is 10.2. The number of amides is 3. The van der Waals surface area contributed by atoms with Gasteiger partial charge >= 0.3 is 0 Å². The molecule has 3 saturated heterocycles. The normalized spacial score (nSPS) is 27.3. The summed E-state index contributed by atoms with van der Waals surface area (Å²) in [5.41, 5.74) is 4.18. The minimum atomic E-state index is -0.858. The van der Waals surface area contributed by atoms with Crippen LogP contribution in [0.15, 0.2) is 72.8 Å². The lowest BCUT2D eigenvalue weighted by Gasteiger charge is -2.40. The van der Waals surface area contributed by atoms with E-state index in [0.29, 0.717) is 24.5 Å². The maximum absolute atomic E-state index is 14.7. The first-order valence-corrected chi connectivity index (χ1v) is 16.6. The van der Waals surface area contributed by atoms with Crippen molar-refractivity contribution in [3.05, 3.63) is 89.5 Å². The molecule has 3 aromatic carbocycles. The number of hydrogen-bond donors (Lipinski definition) is 3. The number of anilines is 2. The highest BCUT2D eigenvalue weighted by molar-refractivity contribution is 8.02. The molecule has 3 aliphatic rings. The van der Waals surface area contributed by atoms with Crippen LogP contribution in [-0.4, -0.2) is 63.0 Å². The smallest absolute Gasteiger partial charge is 0.248 e. The highest BCUT2D eigenvalue weighted by Crippen LogP contribution is 2.69. The number of benzene rings is 3. The van der Waals surface area contributed by atoms with Crippen molar-refractivity contribution in [3.8, 4) is 5.75 Å². The molecule has 3 fully saturated rings. The summed E-state index contributed by atoms with van der Waals surface area (Å²) in [5, 5.41) is 16.9. The van der Waals surface area contributed by atoms with Gasteiger partial charge in [-0.25, -0.2) is 0 Å². The van der Waals surface area contributed by atoms with Crippen molar-refractivity contribution in [2.24, 2.45) is 17.8 Å². The Morgan fingerprint density at radius 1 is 1.00 bits per heavy atom. The zero-order valence-corrected chi connectivity index (χ0v) is 27.0. The van der Waals surface area contributed by atoms with Crippen LogP contribution in [0.4, 0.5) is 11.4 Å². The maximum Gasteiger partial charge on any atom is 0.248 e. The van der Waals surface area contributed by atoms with Crippen LogP contribution in [0.1, 0.15) is 37.0 Å². The summed E-state index contributed by atoms with van der Waals surface area (Å²) >= 11 is 1.62. The van der Waals surface area contributed by atoms with Crippen LogP contribution in [0.3, 0.4) is 0 Å². The molecule has 3 heterocycles. The molecule has 8 nitrogen and oxygen atoms in total. The van der Waals surface area contributed by atoms with Gasteiger partial charge in [0.1, 0.15) is 11.8 Å². The number of aliphatic hydroxyl groups is 1. The number of rotatable bonds is 10. The van der Waals surface area contributed by atoms with Crippen molar-refractivity contribution in [2.45, 2.75) is 62.6 Å². The second-order valence-corrected chi connectivity index (χ2v) is 14.1. The molecule has 6 rings (SSSR count). The molecule has 3 amide bonds. The minimum absolute atomic E-state index is 0.00533. The fraction of sp³-hybridized carbons (Fsp3) is 0.417. The summed E-state index contributed by atoms with van der Waals surface area (Å²) in [7, 11) is 0. The number of thioether (sulfide) groups is 1. The Labute approximate surface area is 268 Å². The Balaban J connectivity index is 1.38. The second kappa shape index (κ2) is 12.5. The van der Waals surface area contributed by atoms with Gasteiger partial charge in [-0.1, -0.05) is 55.5 Å². The molecule has 2 bridgehead atoms. The molecule has 3 aromatic rings. The van der Waals surface area contributed by atoms with Crippen molar-refractivity contribution in [1.29, 1.82) is 0 Å². The lowest BCUT2D eigenvalue weighted by atomic mass is 9.65. The first-order valence-electron chi connectivity index (χ1n) is 15.7. The molecule has 3 aliphatic heterocycles. The van der Waals surface area contributed by atoms with E-state index in [1.165, 1.54) is 0 Å². The number of nitrogens with one attached hydrogen (secondary N) is 2. The van der Waals surface area contributed by atoms with E-state index in [1.807, 2.05) is 81.4 Å². The zero-order valence-electron chi connectivity index (χ0n) is 26.2. The van der Waals surface area contributed by atoms with Gasteiger partial charge in [0.2, 0.25) is 17.7 Å². The molecule has 1 spiro atoms. The molecule has 3 unspecified atom stereocenters. The number of nitrogens with zero attached hydrogens (tertiary/aromatic N) is 1. The van der Waals surface area contributed by atoms with Crippen molar-refractivity contribution in [2.75, 3.05) is 23.8 Å². The molecular formula is C36H41N3O5S. The minimum Gasteiger partial charge on any atom is -0.494 e. The van der Waals surface area contributed by atoms with Crippen LogP contribution in [0.25, 0.3) is 0 Å². The second-order valence-electron chi connectivity index (χ2n) is 12.5. The number of carbonyl (C=O) groups is 3. The van der Waals surface area contributed by atoms with Crippen molar-refractivity contribution >= 4 is 40.9 Å². The van der Waals surface area contributed by atoms with Gasteiger partial charge in [-0.15, -0.1) is 11.8 Å². The van der Waals surface area contributed by atoms with Gasteiger partial charge in [0, 0.05) is 16.6 Å². The Kier molecular flexibility index (Phi) is 8.68. The van der Waals surface area contributed by atoms with Crippen LogP contribution in [0.2, 0.25) is 0 Å². The first-order chi connectivity index (χ1) is 21.7. The van der Waals surface area contributed by atoms with Gasteiger partial charge in [0.25, 0.3) is 0 Å². The lowest BCUT2D eigenvalue weighted by molar-refractivity contribution is -0.141. The van der Waals surface area contributed by atoms with Gasteiger partial charge in [0.05, 0.1) is 35.8 Å². The van der Waals surface area contributed by atoms with Crippen LogP contribution in [-0.2, 0) is 20.8 Å². The van der Waals surface area contributed by atoms with Gasteiger partial charge in [-0.05, 0) is 80.5 Å². The van der Waals surface area contributed by atoms with Crippen LogP contribution in [0, 0.1) is 31.6 Å². The van der Waals surface area contributed by atoms with E-state index in [-0.39, 0.29) is 35.5 Å². The Bertz CT molecular complexity index is 1560. The highest BCUT2D eigenvalue weighted by atomic mass is 32.2. The number of para-hydroxylation sites is 1. The predicted molar refractivity (Wildman–Crippen MR) is 177 cm³/mol. The van der Waals surface area contributed by atoms with E-state index in [0.717, 1.165) is 28.8 Å². The summed E-state index contributed by atoms with van der Waals surface area (Å²) in [6.07, 6.45) is 1.11. The Morgan fingerprint density at radius 2 is 1.69 bits per heavy atom. The molecule has 7 atom stereocenters. The topological polar surface area (TPSA) is 108 Å². The third-order valence-electron chi connectivity index (χ3n) is 9.81. The molecule has 0 aromatic heterocycles. The summed E-state index contributed by atoms with van der Waals surface area (Å²) < 4.78 is 4.73. The van der Waals surface area contributed by atoms with Crippen LogP contribution < -0.4 is 15.4 Å². The molecule has 0 saturated carbocycles. The van der Waals surface area contributed by atoms with Gasteiger partial charge in [-0.3, -0.25) is 14.4 Å². The largest absolute Gasteiger partial charge is 0.494 e. The fourth-order valence-electron chi connectivity index (χ4n) is 7.82. The molecular weight excluding hydrogens is 586 g/mol. The number of likely N-dealkylation sites (tertiary alicyclic amines) is 1. The number of carbonyl (C=O) groups excluding carboxylic acids is 3. The van der Waals surface area contributed by atoms with Crippen LogP contribution >= 0.6 is 11.8 Å². The van der Waals surface area contributed by atoms with Crippen LogP contribution in [0.5, 0.6) is 5.75 Å². The lowest BCUT2D eigenvalue weighted by Crippen LogP contribution is -2.57. The van der Waals surface area contributed by atoms with E-state index in [9.17, 15) is 19.5 Å². The quantitative estimate of drug-likeness (QED) is 0.285. The zero-order chi connectivity index (χ0) is 31.9. The van der Waals surface area contributed by atoms with Gasteiger partial charge < -0.3 is 25.4 Å². The summed E-state index contributed by atoms with van der Waals surface area (Å²) in [6.45, 7) is 8.16. The summed E-state index contributed by atoms with van der Waals surface area (Å²) in [6, 6.07) is 21.3. The maximum atomic E-state index is 14.7. The third kappa shape index (κ3) is 5.40. The Morgan fingerprint density at radius 3 is 2.33 bits per heavy atom. The summed E-state index contributed by atoms with van der Waals surface area (Å²) in [4.78, 5) is 44.9. The first kappa shape index (κ1) is 31.2. The van der Waals surface area contributed by atoms with E-state index >= 15 is 0 Å². The standard InChI is InChI=1S/C36H41N3O5S/c1-5-44-27-16-14-25(15-17-27)37-33(41)29-28-18-23(4)36(45-28)30(29)35(43)39(26(20-40)19-24-12-7-6-8-13-24)32(36)34(42)38-31-21(2)10-9-11-22(31)3/h6-17,23,26,28-30,32,40H,5,18-20H2,1-4H3,(H,37,41)(H,38,42)/t23?,26-,28+,29-,30+,32?,36?/m1/s1. The van der Waals surface area contributed by atoms with E-state index in [2.05, 4.69) is 17.6 Å². The van der Waals surface area contributed by atoms with Crippen molar-refractivity contribution in [1.82, 2.24) is 4.90 Å². The molecule has 3 N–H and O–H groups in total. The molecule has 45 heavy (non-hydrogen) atoms. The SMILES string of the molecule is CCOc1ccc(NC(=O)[C@@H]2[C@@H]3CC(C)C4(S3)C(C(=O)Nc3c(C)cccc3C)N([C@@H](CO)Cc3ccccc3)C(=O)[C@H]24)cc1. The van der Waals surface area contributed by atoms with E-state index < -0.39 is 28.7 Å². The summed E-state index contributed by atoms with van der Waals surface area (Å²) in [5.74, 6) is -1.32. The average molecular weight is 628 g/mol. The Hall–Kier alpha value is -3.82.